The van der Waals surface area contributed by atoms with Gasteiger partial charge in [0.05, 0.1) is 0 Å². The topological polar surface area (TPSA) is 17.1 Å². The molecule has 2 saturated carbocycles. The van der Waals surface area contributed by atoms with Crippen LogP contribution in [0.4, 0.5) is 0 Å². The molecular weight excluding hydrogens is 172 g/mol. The Morgan fingerprint density at radius 2 is 2.08 bits per heavy atom. The molecule has 1 nitrogen and oxygen atoms in total. The maximum Gasteiger partial charge on any atom is 0.130 e. The van der Waals surface area contributed by atoms with E-state index in [2.05, 4.69) is 0 Å². The minimum absolute atomic E-state index is 0.299. The molecule has 0 aromatic rings. The van der Waals surface area contributed by atoms with Crippen LogP contribution in [0.5, 0.6) is 0 Å². The lowest BCUT2D eigenvalue weighted by Gasteiger charge is -2.25. The number of halogens is 1. The molecule has 2 bridgehead atoms. The second kappa shape index (κ2) is 3.02. The number of rotatable bonds is 2. The van der Waals surface area contributed by atoms with Crippen molar-refractivity contribution in [2.45, 2.75) is 38.0 Å². The minimum Gasteiger partial charge on any atom is -0.300 e. The summed E-state index contributed by atoms with van der Waals surface area (Å²) in [7, 11) is 0. The third-order valence-electron chi connectivity index (χ3n) is 3.50. The van der Waals surface area contributed by atoms with Gasteiger partial charge in [0, 0.05) is 11.8 Å². The molecule has 2 heteroatoms. The molecule has 0 N–H and O–H groups in total. The zero-order valence-electron chi connectivity index (χ0n) is 7.42. The van der Waals surface area contributed by atoms with Crippen LogP contribution in [-0.4, -0.2) is 11.2 Å². The molecule has 2 aliphatic rings. The van der Waals surface area contributed by atoms with Crippen LogP contribution in [0.3, 0.4) is 0 Å². The third-order valence-corrected chi connectivity index (χ3v) is 4.18. The lowest BCUT2D eigenvalue weighted by Crippen LogP contribution is -2.24. The molecule has 0 radical (unpaired) electrons. The summed E-state index contributed by atoms with van der Waals surface area (Å²) in [4.78, 5) is 11.0. The van der Waals surface area contributed by atoms with E-state index in [0.717, 1.165) is 18.3 Å². The fraction of sp³-hybridized carbons (Fsp3) is 0.900. The van der Waals surface area contributed by atoms with E-state index in [9.17, 15) is 4.79 Å². The number of hydrogen-bond acceptors (Lipinski definition) is 1. The Balaban J connectivity index is 2.02. The molecule has 0 spiro atoms. The largest absolute Gasteiger partial charge is 0.300 e. The summed E-state index contributed by atoms with van der Waals surface area (Å²) >= 11 is 6.27. The molecule has 2 rings (SSSR count). The number of carbonyl (C=O) groups is 1. The van der Waals surface area contributed by atoms with Gasteiger partial charge in [0.1, 0.15) is 5.78 Å². The maximum atomic E-state index is 11.0. The third kappa shape index (κ3) is 1.28. The minimum atomic E-state index is 0.299. The smallest absolute Gasteiger partial charge is 0.130 e. The summed E-state index contributed by atoms with van der Waals surface area (Å²) in [5.41, 5.74) is 0. The highest BCUT2D eigenvalue weighted by Crippen LogP contribution is 2.52. The summed E-state index contributed by atoms with van der Waals surface area (Å²) < 4.78 is 0. The van der Waals surface area contributed by atoms with E-state index in [-0.39, 0.29) is 0 Å². The van der Waals surface area contributed by atoms with Gasteiger partial charge in [0.25, 0.3) is 0 Å². The highest BCUT2D eigenvalue weighted by atomic mass is 35.5. The van der Waals surface area contributed by atoms with Crippen molar-refractivity contribution >= 4 is 17.4 Å². The van der Waals surface area contributed by atoms with Crippen molar-refractivity contribution in [2.24, 2.45) is 17.8 Å². The van der Waals surface area contributed by atoms with Crippen LogP contribution in [0.25, 0.3) is 0 Å². The van der Waals surface area contributed by atoms with Crippen LogP contribution in [0, 0.1) is 17.8 Å². The van der Waals surface area contributed by atoms with Crippen LogP contribution in [0.2, 0.25) is 0 Å². The van der Waals surface area contributed by atoms with Crippen LogP contribution >= 0.6 is 11.6 Å². The SMILES string of the molecule is CC(=O)C[C@H]1[C@@H]2CC[C@@H](C2)[C@H]1Cl. The number of ketones is 1. The van der Waals surface area contributed by atoms with Crippen LogP contribution in [0.1, 0.15) is 32.6 Å². The molecule has 0 saturated heterocycles. The number of Topliss-reactive ketones (excluding diaryl/α,β-unsaturated/α-hetero) is 1. The molecular formula is C10H15ClO. The summed E-state index contributed by atoms with van der Waals surface area (Å²) in [5.74, 6) is 2.29. The predicted octanol–water partition coefficient (Wildman–Crippen LogP) is 2.62. The van der Waals surface area contributed by atoms with Gasteiger partial charge in [-0.2, -0.15) is 0 Å². The van der Waals surface area contributed by atoms with Gasteiger partial charge in [-0.3, -0.25) is 0 Å². The van der Waals surface area contributed by atoms with Crippen molar-refractivity contribution in [1.82, 2.24) is 0 Å². The van der Waals surface area contributed by atoms with Crippen molar-refractivity contribution < 1.29 is 4.79 Å². The molecule has 4 atom stereocenters. The Hall–Kier alpha value is -0.0400. The molecule has 2 fully saturated rings. The fourth-order valence-corrected chi connectivity index (χ4v) is 3.48. The lowest BCUT2D eigenvalue weighted by molar-refractivity contribution is -0.118. The second-order valence-corrected chi connectivity index (χ2v) is 4.85. The maximum absolute atomic E-state index is 11.0. The van der Waals surface area contributed by atoms with Gasteiger partial charge >= 0.3 is 0 Å². The van der Waals surface area contributed by atoms with E-state index < -0.39 is 0 Å². The van der Waals surface area contributed by atoms with Gasteiger partial charge in [-0.25, -0.2) is 0 Å². The average molecular weight is 187 g/mol. The number of carbonyl (C=O) groups excluding carboxylic acids is 1. The monoisotopic (exact) mass is 186 g/mol. The first-order valence-electron chi connectivity index (χ1n) is 4.82. The standard InChI is InChI=1S/C10H15ClO/c1-6(12)4-9-7-2-3-8(5-7)10(9)11/h7-10H,2-5H2,1H3/t7-,8+,9+,10-/m1/s1. The lowest BCUT2D eigenvalue weighted by atomic mass is 9.85. The van der Waals surface area contributed by atoms with Crippen molar-refractivity contribution in [1.29, 1.82) is 0 Å². The first-order valence-corrected chi connectivity index (χ1v) is 5.25. The summed E-state index contributed by atoms with van der Waals surface area (Å²) in [6.45, 7) is 1.68. The molecule has 0 unspecified atom stereocenters. The van der Waals surface area contributed by atoms with E-state index in [4.69, 9.17) is 11.6 Å². The Kier molecular flexibility index (Phi) is 2.16. The van der Waals surface area contributed by atoms with Crippen molar-refractivity contribution in [2.75, 3.05) is 0 Å². The number of alkyl halides is 1. The van der Waals surface area contributed by atoms with Crippen molar-refractivity contribution in [3.8, 4) is 0 Å². The first-order chi connectivity index (χ1) is 5.68. The zero-order chi connectivity index (χ0) is 8.72. The van der Waals surface area contributed by atoms with Gasteiger partial charge in [-0.1, -0.05) is 0 Å². The quantitative estimate of drug-likeness (QED) is 0.606. The van der Waals surface area contributed by atoms with E-state index in [1.165, 1.54) is 19.3 Å². The second-order valence-electron chi connectivity index (χ2n) is 4.35. The molecule has 2 aliphatic carbocycles. The summed E-state index contributed by atoms with van der Waals surface area (Å²) in [6.07, 6.45) is 4.61. The van der Waals surface area contributed by atoms with Crippen LogP contribution < -0.4 is 0 Å². The normalized spacial score (nSPS) is 45.2. The van der Waals surface area contributed by atoms with E-state index >= 15 is 0 Å². The van der Waals surface area contributed by atoms with Gasteiger partial charge in [0.2, 0.25) is 0 Å². The van der Waals surface area contributed by atoms with Crippen LogP contribution in [0.15, 0.2) is 0 Å². The van der Waals surface area contributed by atoms with Gasteiger partial charge < -0.3 is 4.79 Å². The molecule has 0 aromatic heterocycles. The highest BCUT2D eigenvalue weighted by Gasteiger charge is 2.46. The number of hydrogen-bond donors (Lipinski definition) is 0. The summed E-state index contributed by atoms with van der Waals surface area (Å²) in [5, 5.41) is 0.299. The number of fused-ring (bicyclic) bond motifs is 2. The Bertz CT molecular complexity index is 200. The van der Waals surface area contributed by atoms with E-state index in [1.54, 1.807) is 6.92 Å². The average Bonchev–Trinajstić information content (AvgIpc) is 2.53. The molecule has 0 aromatic carbocycles. The van der Waals surface area contributed by atoms with Gasteiger partial charge in [-0.05, 0) is 43.9 Å². The Labute approximate surface area is 78.5 Å². The van der Waals surface area contributed by atoms with E-state index in [1.807, 2.05) is 0 Å². The van der Waals surface area contributed by atoms with Crippen molar-refractivity contribution in [3.63, 3.8) is 0 Å². The van der Waals surface area contributed by atoms with Gasteiger partial charge in [-0.15, -0.1) is 11.6 Å². The Morgan fingerprint density at radius 3 is 2.58 bits per heavy atom. The molecule has 0 aliphatic heterocycles. The zero-order valence-corrected chi connectivity index (χ0v) is 8.18. The first kappa shape index (κ1) is 8.55. The summed E-state index contributed by atoms with van der Waals surface area (Å²) in [6, 6.07) is 0. The molecule has 0 heterocycles. The molecule has 12 heavy (non-hydrogen) atoms. The Morgan fingerprint density at radius 1 is 1.42 bits per heavy atom. The molecule has 0 amide bonds. The van der Waals surface area contributed by atoms with E-state index in [0.29, 0.717) is 17.1 Å². The highest BCUT2D eigenvalue weighted by molar-refractivity contribution is 6.21. The fourth-order valence-electron chi connectivity index (χ4n) is 2.95. The van der Waals surface area contributed by atoms with Crippen LogP contribution in [-0.2, 0) is 4.79 Å². The molecule has 68 valence electrons. The van der Waals surface area contributed by atoms with Gasteiger partial charge in [0.15, 0.2) is 0 Å². The van der Waals surface area contributed by atoms with Crippen molar-refractivity contribution in [3.05, 3.63) is 0 Å². The predicted molar refractivity (Wildman–Crippen MR) is 49.3 cm³/mol.